The Bertz CT molecular complexity index is 831. The van der Waals surface area contributed by atoms with E-state index in [0.717, 1.165) is 22.7 Å². The molecule has 0 radical (unpaired) electrons. The molecule has 0 spiro atoms. The molecule has 0 fully saturated rings. The maximum Gasteiger partial charge on any atom is 0.242 e. The van der Waals surface area contributed by atoms with E-state index >= 15 is 0 Å². The van der Waals surface area contributed by atoms with Crippen molar-refractivity contribution >= 4 is 21.6 Å². The van der Waals surface area contributed by atoms with Crippen molar-refractivity contribution in [3.8, 4) is 0 Å². The third-order valence-corrected chi connectivity index (χ3v) is 5.78. The highest BCUT2D eigenvalue weighted by Gasteiger charge is 2.18. The summed E-state index contributed by atoms with van der Waals surface area (Å²) >= 11 is 0. The van der Waals surface area contributed by atoms with Gasteiger partial charge in [0.05, 0.1) is 4.90 Å². The Morgan fingerprint density at radius 2 is 1.76 bits per heavy atom. The zero-order chi connectivity index (χ0) is 18.4. The number of nitrogens with zero attached hydrogens (tertiary/aromatic N) is 1. The summed E-state index contributed by atoms with van der Waals surface area (Å²) in [7, 11) is -0.557. The first-order chi connectivity index (χ1) is 11.8. The van der Waals surface area contributed by atoms with Gasteiger partial charge in [-0.05, 0) is 43.0 Å². The van der Waals surface area contributed by atoms with Gasteiger partial charge in [-0.3, -0.25) is 4.79 Å². The molecule has 2 aromatic carbocycles. The van der Waals surface area contributed by atoms with Crippen molar-refractivity contribution in [1.29, 1.82) is 0 Å². The quantitative estimate of drug-likeness (QED) is 0.824. The average Bonchev–Trinajstić information content (AvgIpc) is 2.57. The van der Waals surface area contributed by atoms with Gasteiger partial charge in [0.15, 0.2) is 0 Å². The molecule has 6 heteroatoms. The number of sulfonamides is 1. The second-order valence-electron chi connectivity index (χ2n) is 6.15. The first kappa shape index (κ1) is 19.1. The lowest BCUT2D eigenvalue weighted by Gasteiger charge is -2.14. The van der Waals surface area contributed by atoms with Crippen molar-refractivity contribution in [1.82, 2.24) is 4.31 Å². The smallest absolute Gasteiger partial charge is 0.242 e. The van der Waals surface area contributed by atoms with E-state index in [0.29, 0.717) is 12.1 Å². The van der Waals surface area contributed by atoms with Crippen molar-refractivity contribution < 1.29 is 13.2 Å². The van der Waals surface area contributed by atoms with Gasteiger partial charge in [0.1, 0.15) is 0 Å². The molecule has 0 saturated heterocycles. The molecule has 0 aliphatic heterocycles. The van der Waals surface area contributed by atoms with Gasteiger partial charge in [-0.1, -0.05) is 36.4 Å². The molecule has 0 heterocycles. The fourth-order valence-corrected chi connectivity index (χ4v) is 3.35. The van der Waals surface area contributed by atoms with Crippen LogP contribution in [0.3, 0.4) is 0 Å². The highest BCUT2D eigenvalue weighted by molar-refractivity contribution is 7.89. The third-order valence-electron chi connectivity index (χ3n) is 3.97. The van der Waals surface area contributed by atoms with Crippen molar-refractivity contribution in [2.24, 2.45) is 0 Å². The molecule has 5 nitrogen and oxygen atoms in total. The van der Waals surface area contributed by atoms with Gasteiger partial charge < -0.3 is 5.32 Å². The van der Waals surface area contributed by atoms with Crippen LogP contribution in [0.15, 0.2) is 53.4 Å². The van der Waals surface area contributed by atoms with Crippen LogP contribution in [-0.2, 0) is 21.2 Å². The van der Waals surface area contributed by atoms with Crippen molar-refractivity contribution in [2.45, 2.75) is 31.1 Å². The fourth-order valence-electron chi connectivity index (χ4n) is 2.42. The second kappa shape index (κ2) is 8.27. The zero-order valence-electron chi connectivity index (χ0n) is 14.8. The summed E-state index contributed by atoms with van der Waals surface area (Å²) in [6.07, 6.45) is 1.96. The number of anilines is 1. The molecule has 0 saturated carbocycles. The maximum atomic E-state index is 12.2. The number of rotatable bonds is 7. The van der Waals surface area contributed by atoms with E-state index < -0.39 is 10.0 Å². The Morgan fingerprint density at radius 1 is 1.08 bits per heavy atom. The van der Waals surface area contributed by atoms with Crippen LogP contribution in [0, 0.1) is 6.92 Å². The van der Waals surface area contributed by atoms with Gasteiger partial charge in [0.2, 0.25) is 15.9 Å². The molecule has 0 bridgehead atoms. The van der Waals surface area contributed by atoms with Crippen LogP contribution >= 0.6 is 0 Å². The lowest BCUT2D eigenvalue weighted by molar-refractivity contribution is -0.116. The van der Waals surface area contributed by atoms with Gasteiger partial charge in [0.25, 0.3) is 0 Å². The lowest BCUT2D eigenvalue weighted by Crippen LogP contribution is -2.22. The van der Waals surface area contributed by atoms with Gasteiger partial charge in [-0.25, -0.2) is 12.7 Å². The summed E-state index contributed by atoms with van der Waals surface area (Å²) in [5.41, 5.74) is 2.56. The Balaban J connectivity index is 2.00. The maximum absolute atomic E-state index is 12.2. The minimum Gasteiger partial charge on any atom is -0.326 e. The van der Waals surface area contributed by atoms with Crippen molar-refractivity contribution in [3.63, 3.8) is 0 Å². The summed E-state index contributed by atoms with van der Waals surface area (Å²) in [4.78, 5) is 12.3. The molecule has 0 aliphatic rings. The molecule has 0 atom stereocenters. The summed E-state index contributed by atoms with van der Waals surface area (Å²) < 4.78 is 25.6. The number of nitrogens with one attached hydrogen (secondary N) is 1. The van der Waals surface area contributed by atoms with Crippen LogP contribution in [0.2, 0.25) is 0 Å². The summed E-state index contributed by atoms with van der Waals surface area (Å²) in [6.45, 7) is 1.84. The van der Waals surface area contributed by atoms with Crippen molar-refractivity contribution in [3.05, 3.63) is 59.7 Å². The number of hydrogen-bond donors (Lipinski definition) is 1. The van der Waals surface area contributed by atoms with Gasteiger partial charge >= 0.3 is 0 Å². The summed E-state index contributed by atoms with van der Waals surface area (Å²) in [5.74, 6) is -0.113. The van der Waals surface area contributed by atoms with Crippen LogP contribution < -0.4 is 5.32 Å². The summed E-state index contributed by atoms with van der Waals surface area (Å²) in [5, 5.41) is 2.83. The van der Waals surface area contributed by atoms with E-state index in [-0.39, 0.29) is 10.8 Å². The Kier molecular flexibility index (Phi) is 6.33. The van der Waals surface area contributed by atoms with Crippen LogP contribution in [-0.4, -0.2) is 32.7 Å². The molecule has 1 amide bonds. The number of carbonyl (C=O) groups is 1. The van der Waals surface area contributed by atoms with Crippen LogP contribution in [0.1, 0.15) is 24.0 Å². The van der Waals surface area contributed by atoms with Gasteiger partial charge in [0, 0.05) is 26.2 Å². The molecular weight excluding hydrogens is 336 g/mol. The largest absolute Gasteiger partial charge is 0.326 e. The minimum atomic E-state index is -3.52. The molecular formula is C19H24N2O3S. The van der Waals surface area contributed by atoms with E-state index in [9.17, 15) is 13.2 Å². The topological polar surface area (TPSA) is 66.5 Å². The average molecular weight is 360 g/mol. The normalized spacial score (nSPS) is 11.5. The van der Waals surface area contributed by atoms with Gasteiger partial charge in [-0.15, -0.1) is 0 Å². The van der Waals surface area contributed by atoms with E-state index in [1.165, 1.54) is 25.7 Å². The minimum absolute atomic E-state index is 0.113. The van der Waals surface area contributed by atoms with Gasteiger partial charge in [-0.2, -0.15) is 0 Å². The Labute approximate surface area is 149 Å². The highest BCUT2D eigenvalue weighted by Crippen LogP contribution is 2.22. The molecule has 0 aromatic heterocycles. The molecule has 1 N–H and O–H groups in total. The van der Waals surface area contributed by atoms with E-state index in [4.69, 9.17) is 0 Å². The summed E-state index contributed by atoms with van der Waals surface area (Å²) in [6, 6.07) is 14.8. The first-order valence-corrected chi connectivity index (χ1v) is 9.61. The zero-order valence-corrected chi connectivity index (χ0v) is 15.6. The number of carbonyl (C=O) groups excluding carboxylic acids is 1. The number of aryl methyl sites for hydroxylation is 2. The standard InChI is InChI=1S/C19H24N2O3S/c1-15-12-13-17(25(23,24)21(2)3)14-18(15)20-19(22)11-7-10-16-8-5-4-6-9-16/h4-6,8-9,12-14H,7,10-11H2,1-3H3,(H,20,22). The number of amides is 1. The molecule has 134 valence electrons. The Morgan fingerprint density at radius 3 is 2.40 bits per heavy atom. The first-order valence-electron chi connectivity index (χ1n) is 8.17. The number of hydrogen-bond acceptors (Lipinski definition) is 3. The third kappa shape index (κ3) is 5.14. The predicted octanol–water partition coefficient (Wildman–Crippen LogP) is 3.21. The SMILES string of the molecule is Cc1ccc(S(=O)(=O)N(C)C)cc1NC(=O)CCCc1ccccc1. The lowest BCUT2D eigenvalue weighted by atomic mass is 10.1. The van der Waals surface area contributed by atoms with Crippen LogP contribution in [0.5, 0.6) is 0 Å². The monoisotopic (exact) mass is 360 g/mol. The second-order valence-corrected chi connectivity index (χ2v) is 8.30. The highest BCUT2D eigenvalue weighted by atomic mass is 32.2. The molecule has 25 heavy (non-hydrogen) atoms. The molecule has 2 rings (SSSR count). The number of benzene rings is 2. The van der Waals surface area contributed by atoms with E-state index in [1.807, 2.05) is 37.3 Å². The van der Waals surface area contributed by atoms with Crippen LogP contribution in [0.4, 0.5) is 5.69 Å². The van der Waals surface area contributed by atoms with Crippen molar-refractivity contribution in [2.75, 3.05) is 19.4 Å². The molecule has 0 unspecified atom stereocenters. The van der Waals surface area contributed by atoms with E-state index in [2.05, 4.69) is 5.32 Å². The fraction of sp³-hybridized carbons (Fsp3) is 0.316. The van der Waals surface area contributed by atoms with E-state index in [1.54, 1.807) is 12.1 Å². The molecule has 2 aromatic rings. The predicted molar refractivity (Wildman–Crippen MR) is 100 cm³/mol. The molecule has 0 aliphatic carbocycles. The van der Waals surface area contributed by atoms with Crippen LogP contribution in [0.25, 0.3) is 0 Å². The Hall–Kier alpha value is -2.18.